The van der Waals surface area contributed by atoms with Crippen molar-refractivity contribution in [3.05, 3.63) is 131 Å². The third kappa shape index (κ3) is 5.90. The third-order valence-corrected chi connectivity index (χ3v) is 11.7. The van der Waals surface area contributed by atoms with Gasteiger partial charge in [0.05, 0.1) is 28.1 Å². The number of benzene rings is 4. The topological polar surface area (TPSA) is 44.9 Å². The van der Waals surface area contributed by atoms with Crippen molar-refractivity contribution in [3.63, 3.8) is 0 Å². The molecule has 0 amide bonds. The minimum atomic E-state index is 0.483. The van der Waals surface area contributed by atoms with Gasteiger partial charge in [-0.1, -0.05) is 81.0 Å². The van der Waals surface area contributed by atoms with Gasteiger partial charge in [-0.25, -0.2) is 9.67 Å². The molecule has 3 heterocycles. The molecule has 9 rings (SSSR count). The van der Waals surface area contributed by atoms with Gasteiger partial charge in [-0.15, -0.1) is 0 Å². The second-order valence-electron chi connectivity index (χ2n) is 15.3. The van der Waals surface area contributed by atoms with Gasteiger partial charge in [-0.05, 0) is 111 Å². The Kier molecular flexibility index (Phi) is 8.66. The first-order valence-corrected chi connectivity index (χ1v) is 19.5. The number of aromatic nitrogens is 4. The van der Waals surface area contributed by atoms with Crippen LogP contribution in [-0.2, 0) is 0 Å². The van der Waals surface area contributed by atoms with Crippen LogP contribution in [0.3, 0.4) is 0 Å². The number of ether oxygens (including phenoxy) is 1. The summed E-state index contributed by atoms with van der Waals surface area (Å²) in [5.41, 5.74) is 12.7. The van der Waals surface area contributed by atoms with Crippen molar-refractivity contribution in [1.29, 1.82) is 0 Å². The second kappa shape index (κ2) is 13.8. The van der Waals surface area contributed by atoms with E-state index < -0.39 is 0 Å². The first kappa shape index (κ1) is 32.7. The van der Waals surface area contributed by atoms with Gasteiger partial charge >= 0.3 is 0 Å². The van der Waals surface area contributed by atoms with E-state index in [4.69, 9.17) is 14.8 Å². The van der Waals surface area contributed by atoms with Crippen LogP contribution < -0.4 is 4.74 Å². The molecule has 3 aromatic heterocycles. The smallest absolute Gasteiger partial charge is 0.137 e. The standard InChI is InChI=1S/C47H48N4O/c1-31-26-27-48-43(28-31)50-41-23-11-10-22-39(41)40-25-24-38(30-42(40)50)52-37-21-13-20-36(29-37)51-47(35-18-8-5-9-19-35)45(44-32(2)14-12-15-33(44)3)46(49-51)34-16-6-4-7-17-34/h10-15,20-30,34-35H,4-9,16-19H2,1-3H3. The van der Waals surface area contributed by atoms with Crippen LogP contribution in [0.25, 0.3) is 44.4 Å². The molecule has 0 radical (unpaired) electrons. The highest BCUT2D eigenvalue weighted by atomic mass is 16.5. The summed E-state index contributed by atoms with van der Waals surface area (Å²) in [6, 6.07) is 34.6. The molecule has 0 aliphatic heterocycles. The van der Waals surface area contributed by atoms with Gasteiger partial charge in [0, 0.05) is 46.5 Å². The third-order valence-electron chi connectivity index (χ3n) is 11.7. The maximum atomic E-state index is 6.75. The van der Waals surface area contributed by atoms with Gasteiger partial charge in [-0.2, -0.15) is 5.10 Å². The van der Waals surface area contributed by atoms with Gasteiger partial charge < -0.3 is 4.74 Å². The molecule has 2 aliphatic carbocycles. The summed E-state index contributed by atoms with van der Waals surface area (Å²) in [4.78, 5) is 4.78. The number of hydrogen-bond donors (Lipinski definition) is 0. The second-order valence-corrected chi connectivity index (χ2v) is 15.3. The van der Waals surface area contributed by atoms with Crippen LogP contribution in [0.2, 0.25) is 0 Å². The molecule has 262 valence electrons. The number of fused-ring (bicyclic) bond motifs is 3. The molecule has 52 heavy (non-hydrogen) atoms. The van der Waals surface area contributed by atoms with Crippen molar-refractivity contribution in [1.82, 2.24) is 19.3 Å². The Morgan fingerprint density at radius 3 is 2.06 bits per heavy atom. The summed E-state index contributed by atoms with van der Waals surface area (Å²) >= 11 is 0. The van der Waals surface area contributed by atoms with E-state index in [0.29, 0.717) is 11.8 Å². The number of hydrogen-bond acceptors (Lipinski definition) is 3. The number of pyridine rings is 1. The van der Waals surface area contributed by atoms with Crippen LogP contribution in [0.15, 0.2) is 103 Å². The lowest BCUT2D eigenvalue weighted by Gasteiger charge is -2.26. The van der Waals surface area contributed by atoms with E-state index in [-0.39, 0.29) is 0 Å². The van der Waals surface area contributed by atoms with Crippen molar-refractivity contribution < 1.29 is 4.74 Å². The summed E-state index contributed by atoms with van der Waals surface area (Å²) in [6.07, 6.45) is 14.6. The SMILES string of the molecule is Cc1ccnc(-n2c3ccccc3c3ccc(Oc4cccc(-n5nc(C6CCCCC6)c(-c6c(C)cccc6C)c5C5CCCCC5)c4)cc32)c1. The molecule has 5 nitrogen and oxygen atoms in total. The predicted octanol–water partition coefficient (Wildman–Crippen LogP) is 12.8. The van der Waals surface area contributed by atoms with E-state index >= 15 is 0 Å². The molecular formula is C47H48N4O. The van der Waals surface area contributed by atoms with Crippen LogP contribution in [-0.4, -0.2) is 19.3 Å². The fraction of sp³-hybridized carbons (Fsp3) is 0.319. The molecule has 5 heteroatoms. The number of aryl methyl sites for hydroxylation is 3. The average Bonchev–Trinajstić information content (AvgIpc) is 3.72. The molecule has 4 aromatic carbocycles. The van der Waals surface area contributed by atoms with Crippen LogP contribution in [0.5, 0.6) is 11.5 Å². The lowest BCUT2D eigenvalue weighted by molar-refractivity contribution is 0.428. The van der Waals surface area contributed by atoms with Crippen LogP contribution in [0.1, 0.15) is 104 Å². The first-order valence-electron chi connectivity index (χ1n) is 19.5. The fourth-order valence-corrected chi connectivity index (χ4v) is 9.24. The molecular weight excluding hydrogens is 637 g/mol. The maximum absolute atomic E-state index is 6.75. The van der Waals surface area contributed by atoms with Crippen LogP contribution in [0, 0.1) is 20.8 Å². The molecule has 2 aliphatic rings. The Labute approximate surface area is 307 Å². The van der Waals surface area contributed by atoms with Crippen molar-refractivity contribution in [2.75, 3.05) is 0 Å². The highest BCUT2D eigenvalue weighted by Gasteiger charge is 2.33. The molecule has 2 saturated carbocycles. The molecule has 0 unspecified atom stereocenters. The van der Waals surface area contributed by atoms with Gasteiger partial charge in [0.15, 0.2) is 0 Å². The fourth-order valence-electron chi connectivity index (χ4n) is 9.24. The zero-order valence-corrected chi connectivity index (χ0v) is 30.7. The molecule has 0 N–H and O–H groups in total. The summed E-state index contributed by atoms with van der Waals surface area (Å²) < 4.78 is 11.3. The Bertz CT molecular complexity index is 2380. The molecule has 7 aromatic rings. The van der Waals surface area contributed by atoms with Crippen molar-refractivity contribution in [2.45, 2.75) is 96.8 Å². The summed E-state index contributed by atoms with van der Waals surface area (Å²) in [7, 11) is 0. The Morgan fingerprint density at radius 1 is 0.596 bits per heavy atom. The van der Waals surface area contributed by atoms with E-state index in [2.05, 4.69) is 121 Å². The minimum absolute atomic E-state index is 0.483. The van der Waals surface area contributed by atoms with Crippen molar-refractivity contribution >= 4 is 21.8 Å². The van der Waals surface area contributed by atoms with Gasteiger partial charge in [0.2, 0.25) is 0 Å². The summed E-state index contributed by atoms with van der Waals surface area (Å²) in [6.45, 7) is 6.69. The molecule has 0 spiro atoms. The minimum Gasteiger partial charge on any atom is -0.457 e. The lowest BCUT2D eigenvalue weighted by atomic mass is 9.79. The highest BCUT2D eigenvalue weighted by molar-refractivity contribution is 6.09. The van der Waals surface area contributed by atoms with Crippen LogP contribution >= 0.6 is 0 Å². The quantitative estimate of drug-likeness (QED) is 0.168. The largest absolute Gasteiger partial charge is 0.457 e. The lowest BCUT2D eigenvalue weighted by Crippen LogP contribution is -2.12. The van der Waals surface area contributed by atoms with Crippen LogP contribution in [0.4, 0.5) is 0 Å². The molecule has 0 bridgehead atoms. The first-order chi connectivity index (χ1) is 25.5. The normalized spacial score (nSPS) is 15.8. The van der Waals surface area contributed by atoms with Crippen molar-refractivity contribution in [3.8, 4) is 34.1 Å². The monoisotopic (exact) mass is 684 g/mol. The highest BCUT2D eigenvalue weighted by Crippen LogP contribution is 2.47. The summed E-state index contributed by atoms with van der Waals surface area (Å²) in [5, 5.41) is 8.04. The number of para-hydroxylation sites is 1. The molecule has 0 atom stereocenters. The predicted molar refractivity (Wildman–Crippen MR) is 214 cm³/mol. The summed E-state index contributed by atoms with van der Waals surface area (Å²) in [5.74, 6) is 3.50. The Balaban J connectivity index is 1.17. The molecule has 2 fully saturated rings. The van der Waals surface area contributed by atoms with E-state index in [0.717, 1.165) is 34.0 Å². The Morgan fingerprint density at radius 2 is 1.29 bits per heavy atom. The van der Waals surface area contributed by atoms with Gasteiger partial charge in [-0.3, -0.25) is 4.57 Å². The number of rotatable bonds is 7. The number of nitrogens with zero attached hydrogens (tertiary/aromatic N) is 4. The van der Waals surface area contributed by atoms with E-state index in [1.807, 2.05) is 12.3 Å². The zero-order valence-electron chi connectivity index (χ0n) is 30.7. The average molecular weight is 685 g/mol. The van der Waals surface area contributed by atoms with Gasteiger partial charge in [0.25, 0.3) is 0 Å². The van der Waals surface area contributed by atoms with Crippen molar-refractivity contribution in [2.24, 2.45) is 0 Å². The van der Waals surface area contributed by atoms with E-state index in [9.17, 15) is 0 Å². The maximum Gasteiger partial charge on any atom is 0.137 e. The van der Waals surface area contributed by atoms with E-state index in [1.165, 1.54) is 114 Å². The van der Waals surface area contributed by atoms with E-state index in [1.54, 1.807) is 0 Å². The zero-order chi connectivity index (χ0) is 35.2. The molecule has 0 saturated heterocycles. The van der Waals surface area contributed by atoms with Gasteiger partial charge in [0.1, 0.15) is 17.3 Å². The Hall–Kier alpha value is -5.16.